The number of hydrogen-bond donors (Lipinski definition) is 1. The largest absolute Gasteiger partial charge is 0.350 e. The molecule has 0 atom stereocenters. The van der Waals surface area contributed by atoms with Crippen molar-refractivity contribution in [3.63, 3.8) is 0 Å². The number of nitrogens with zero attached hydrogens (tertiary/aromatic N) is 1. The lowest BCUT2D eigenvalue weighted by Crippen LogP contribution is -2.61. The Labute approximate surface area is 91.2 Å². The predicted octanol–water partition coefficient (Wildman–Crippen LogP) is 0.997. The SMILES string of the molecule is CCN1CC(NC(=O)C23CCC(C2)C3)C1. The lowest BCUT2D eigenvalue weighted by atomic mass is 9.69. The van der Waals surface area contributed by atoms with Gasteiger partial charge in [0.2, 0.25) is 5.91 Å². The van der Waals surface area contributed by atoms with Gasteiger partial charge in [0.15, 0.2) is 0 Å². The highest BCUT2D eigenvalue weighted by Gasteiger charge is 2.55. The van der Waals surface area contributed by atoms with Crippen molar-refractivity contribution in [2.75, 3.05) is 19.6 Å². The molecule has 3 heteroatoms. The Hall–Kier alpha value is -0.570. The van der Waals surface area contributed by atoms with E-state index in [4.69, 9.17) is 0 Å². The average Bonchev–Trinajstić information content (AvgIpc) is 2.67. The maximum absolute atomic E-state index is 12.1. The molecule has 1 amide bonds. The number of likely N-dealkylation sites (tertiary alicyclic amines) is 1. The zero-order valence-electron chi connectivity index (χ0n) is 9.46. The van der Waals surface area contributed by atoms with E-state index in [9.17, 15) is 4.79 Å². The summed E-state index contributed by atoms with van der Waals surface area (Å²) in [5, 5.41) is 3.22. The van der Waals surface area contributed by atoms with Gasteiger partial charge in [0.25, 0.3) is 0 Å². The number of carbonyl (C=O) groups is 1. The van der Waals surface area contributed by atoms with E-state index in [2.05, 4.69) is 17.1 Å². The molecule has 1 heterocycles. The Bertz CT molecular complexity index is 272. The van der Waals surface area contributed by atoms with Crippen LogP contribution in [0.25, 0.3) is 0 Å². The Morgan fingerprint density at radius 2 is 2.20 bits per heavy atom. The summed E-state index contributed by atoms with van der Waals surface area (Å²) in [6.07, 6.45) is 4.78. The van der Waals surface area contributed by atoms with Gasteiger partial charge in [0, 0.05) is 18.5 Å². The maximum atomic E-state index is 12.1. The minimum absolute atomic E-state index is 0.0807. The first-order valence-corrected chi connectivity index (χ1v) is 6.25. The second kappa shape index (κ2) is 3.21. The highest BCUT2D eigenvalue weighted by molar-refractivity contribution is 5.84. The summed E-state index contributed by atoms with van der Waals surface area (Å²) in [6.45, 7) is 5.40. The second-order valence-corrected chi connectivity index (χ2v) is 5.62. The van der Waals surface area contributed by atoms with Crippen molar-refractivity contribution >= 4 is 5.91 Å². The first-order valence-electron chi connectivity index (χ1n) is 6.25. The Balaban J connectivity index is 1.50. The summed E-state index contributed by atoms with van der Waals surface area (Å²) in [5.74, 6) is 1.24. The van der Waals surface area contributed by atoms with Gasteiger partial charge in [-0.2, -0.15) is 0 Å². The molecular formula is C12H20N2O. The smallest absolute Gasteiger partial charge is 0.226 e. The van der Waals surface area contributed by atoms with Gasteiger partial charge in [-0.3, -0.25) is 9.69 Å². The second-order valence-electron chi connectivity index (χ2n) is 5.62. The van der Waals surface area contributed by atoms with Crippen LogP contribution in [-0.2, 0) is 4.79 Å². The molecule has 1 saturated heterocycles. The summed E-state index contributed by atoms with van der Waals surface area (Å²) in [5.41, 5.74) is 0.0807. The van der Waals surface area contributed by atoms with E-state index in [-0.39, 0.29) is 5.41 Å². The average molecular weight is 208 g/mol. The van der Waals surface area contributed by atoms with Crippen molar-refractivity contribution in [2.45, 2.75) is 38.6 Å². The van der Waals surface area contributed by atoms with E-state index < -0.39 is 0 Å². The molecule has 3 saturated carbocycles. The van der Waals surface area contributed by atoms with Gasteiger partial charge >= 0.3 is 0 Å². The predicted molar refractivity (Wildman–Crippen MR) is 58.4 cm³/mol. The molecule has 2 bridgehead atoms. The molecular weight excluding hydrogens is 188 g/mol. The molecule has 0 aromatic heterocycles. The van der Waals surface area contributed by atoms with Crippen LogP contribution in [0.15, 0.2) is 0 Å². The molecule has 4 rings (SSSR count). The first kappa shape index (κ1) is 9.64. The third kappa shape index (κ3) is 1.40. The highest BCUT2D eigenvalue weighted by atomic mass is 16.2. The van der Waals surface area contributed by atoms with E-state index in [1.54, 1.807) is 0 Å². The van der Waals surface area contributed by atoms with Gasteiger partial charge in [-0.1, -0.05) is 6.92 Å². The van der Waals surface area contributed by atoms with Crippen molar-refractivity contribution < 1.29 is 4.79 Å². The first-order chi connectivity index (χ1) is 7.22. The van der Waals surface area contributed by atoms with Gasteiger partial charge in [-0.15, -0.1) is 0 Å². The van der Waals surface area contributed by atoms with Gasteiger partial charge < -0.3 is 5.32 Å². The summed E-state index contributed by atoms with van der Waals surface area (Å²) in [6, 6.07) is 0.437. The topological polar surface area (TPSA) is 32.3 Å². The number of likely N-dealkylation sites (N-methyl/N-ethyl adjacent to an activating group) is 1. The molecule has 0 radical (unpaired) electrons. The summed E-state index contributed by atoms with van der Waals surface area (Å²) in [7, 11) is 0. The fraction of sp³-hybridized carbons (Fsp3) is 0.917. The van der Waals surface area contributed by atoms with Crippen molar-refractivity contribution in [3.8, 4) is 0 Å². The van der Waals surface area contributed by atoms with Crippen molar-refractivity contribution in [1.29, 1.82) is 0 Å². The summed E-state index contributed by atoms with van der Waals surface area (Å²) < 4.78 is 0. The minimum Gasteiger partial charge on any atom is -0.350 e. The Morgan fingerprint density at radius 3 is 2.73 bits per heavy atom. The zero-order chi connectivity index (χ0) is 10.5. The number of amides is 1. The number of rotatable bonds is 3. The lowest BCUT2D eigenvalue weighted by molar-refractivity contribution is -0.136. The molecule has 3 aliphatic carbocycles. The molecule has 84 valence electrons. The van der Waals surface area contributed by atoms with Crippen molar-refractivity contribution in [3.05, 3.63) is 0 Å². The van der Waals surface area contributed by atoms with E-state index >= 15 is 0 Å². The van der Waals surface area contributed by atoms with Crippen LogP contribution >= 0.6 is 0 Å². The van der Waals surface area contributed by atoms with Crippen LogP contribution in [0.2, 0.25) is 0 Å². The monoisotopic (exact) mass is 208 g/mol. The molecule has 0 unspecified atom stereocenters. The number of nitrogens with one attached hydrogen (secondary N) is 1. The standard InChI is InChI=1S/C12H20N2O/c1-2-14-7-10(8-14)13-11(15)12-4-3-9(5-12)6-12/h9-10H,2-8H2,1H3,(H,13,15). The van der Waals surface area contributed by atoms with E-state index in [0.717, 1.165) is 32.0 Å². The molecule has 0 spiro atoms. The van der Waals surface area contributed by atoms with Gasteiger partial charge in [0.05, 0.1) is 6.04 Å². The molecule has 15 heavy (non-hydrogen) atoms. The van der Waals surface area contributed by atoms with E-state index in [0.29, 0.717) is 11.9 Å². The molecule has 0 aromatic carbocycles. The van der Waals surface area contributed by atoms with Crippen LogP contribution in [0.4, 0.5) is 0 Å². The molecule has 4 aliphatic rings. The fourth-order valence-corrected chi connectivity index (χ4v) is 3.49. The van der Waals surface area contributed by atoms with Crippen LogP contribution in [0.5, 0.6) is 0 Å². The zero-order valence-corrected chi connectivity index (χ0v) is 9.46. The Morgan fingerprint density at radius 1 is 1.47 bits per heavy atom. The summed E-state index contributed by atoms with van der Waals surface area (Å²) >= 11 is 0. The molecule has 4 fully saturated rings. The molecule has 1 N–H and O–H groups in total. The van der Waals surface area contributed by atoms with E-state index in [1.807, 2.05) is 0 Å². The van der Waals surface area contributed by atoms with Crippen LogP contribution in [0, 0.1) is 11.3 Å². The van der Waals surface area contributed by atoms with Crippen LogP contribution in [-0.4, -0.2) is 36.5 Å². The number of fused-ring (bicyclic) bond motifs is 1. The minimum atomic E-state index is 0.0807. The Kier molecular flexibility index (Phi) is 2.06. The third-order valence-corrected chi connectivity index (χ3v) is 4.61. The quantitative estimate of drug-likeness (QED) is 0.750. The van der Waals surface area contributed by atoms with Crippen molar-refractivity contribution in [2.24, 2.45) is 11.3 Å². The van der Waals surface area contributed by atoms with Crippen LogP contribution < -0.4 is 5.32 Å². The number of hydrogen-bond acceptors (Lipinski definition) is 2. The van der Waals surface area contributed by atoms with Crippen molar-refractivity contribution in [1.82, 2.24) is 10.2 Å². The lowest BCUT2D eigenvalue weighted by Gasteiger charge is -2.43. The van der Waals surface area contributed by atoms with E-state index in [1.165, 1.54) is 19.3 Å². The normalized spacial score (nSPS) is 39.7. The fourth-order valence-electron chi connectivity index (χ4n) is 3.49. The highest BCUT2D eigenvalue weighted by Crippen LogP contribution is 2.58. The molecule has 3 nitrogen and oxygen atoms in total. The van der Waals surface area contributed by atoms with Crippen LogP contribution in [0.3, 0.4) is 0 Å². The number of carbonyl (C=O) groups excluding carboxylic acids is 1. The van der Waals surface area contributed by atoms with Gasteiger partial charge in [0.1, 0.15) is 0 Å². The van der Waals surface area contributed by atoms with Crippen LogP contribution in [0.1, 0.15) is 32.6 Å². The summed E-state index contributed by atoms with van der Waals surface area (Å²) in [4.78, 5) is 14.4. The van der Waals surface area contributed by atoms with Gasteiger partial charge in [-0.05, 0) is 38.1 Å². The molecule has 1 aliphatic heterocycles. The van der Waals surface area contributed by atoms with Gasteiger partial charge in [-0.25, -0.2) is 0 Å². The maximum Gasteiger partial charge on any atom is 0.226 e. The molecule has 0 aromatic rings. The third-order valence-electron chi connectivity index (χ3n) is 4.61.